The van der Waals surface area contributed by atoms with Crippen molar-refractivity contribution in [3.8, 4) is 0 Å². The summed E-state index contributed by atoms with van der Waals surface area (Å²) in [5.74, 6) is -0.399. The summed E-state index contributed by atoms with van der Waals surface area (Å²) in [4.78, 5) is 12.3. The molecule has 2 aromatic rings. The zero-order valence-corrected chi connectivity index (χ0v) is 18.1. The van der Waals surface area contributed by atoms with Crippen molar-refractivity contribution in [1.82, 2.24) is 0 Å². The number of ether oxygens (including phenoxy) is 4. The number of carbonyl (C=O) groups is 1. The standard InChI is InChI=1S/C25H32O5/c1-25(2,3)30-21(26)18-28-23(19-12-6-4-7-13-19)24(20-14-8-5-9-15-20)29-22-16-10-11-17-27-22/h4-9,12-15,22-24H,10-11,16-18H2,1-3H3. The molecule has 1 saturated heterocycles. The van der Waals surface area contributed by atoms with Crippen molar-refractivity contribution in [3.05, 3.63) is 71.8 Å². The molecular weight excluding hydrogens is 380 g/mol. The SMILES string of the molecule is CC(C)(C)OC(=O)COC(c1ccccc1)C(OC1CCCCO1)c1ccccc1. The quantitative estimate of drug-likeness (QED) is 0.546. The maximum absolute atomic E-state index is 12.3. The summed E-state index contributed by atoms with van der Waals surface area (Å²) in [6, 6.07) is 19.8. The Hall–Kier alpha value is -2.21. The lowest BCUT2D eigenvalue weighted by atomic mass is 9.97. The predicted octanol–water partition coefficient (Wildman–Crippen LogP) is 5.37. The van der Waals surface area contributed by atoms with Gasteiger partial charge in [0.1, 0.15) is 24.4 Å². The second-order valence-corrected chi connectivity index (χ2v) is 8.49. The van der Waals surface area contributed by atoms with E-state index in [4.69, 9.17) is 18.9 Å². The van der Waals surface area contributed by atoms with Gasteiger partial charge in [0.05, 0.1) is 0 Å². The Labute approximate surface area is 179 Å². The molecule has 0 saturated carbocycles. The third-order valence-corrected chi connectivity index (χ3v) is 4.77. The fraction of sp³-hybridized carbons (Fsp3) is 0.480. The van der Waals surface area contributed by atoms with Gasteiger partial charge in [0, 0.05) is 6.61 Å². The van der Waals surface area contributed by atoms with Crippen LogP contribution in [0.15, 0.2) is 60.7 Å². The third-order valence-electron chi connectivity index (χ3n) is 4.77. The van der Waals surface area contributed by atoms with Crippen LogP contribution >= 0.6 is 0 Å². The summed E-state index contributed by atoms with van der Waals surface area (Å²) >= 11 is 0. The van der Waals surface area contributed by atoms with Crippen molar-refractivity contribution in [2.45, 2.75) is 64.1 Å². The summed E-state index contributed by atoms with van der Waals surface area (Å²) in [5.41, 5.74) is 1.35. The minimum absolute atomic E-state index is 0.158. The van der Waals surface area contributed by atoms with E-state index in [-0.39, 0.29) is 12.9 Å². The molecular formula is C25H32O5. The number of hydrogen-bond acceptors (Lipinski definition) is 5. The summed E-state index contributed by atoms with van der Waals surface area (Å²) in [6.07, 6.45) is 1.77. The first kappa shape index (κ1) is 22.5. The van der Waals surface area contributed by atoms with Gasteiger partial charge in [-0.05, 0) is 51.2 Å². The smallest absolute Gasteiger partial charge is 0.332 e. The van der Waals surface area contributed by atoms with Gasteiger partial charge in [-0.25, -0.2) is 4.79 Å². The van der Waals surface area contributed by atoms with Crippen molar-refractivity contribution in [1.29, 1.82) is 0 Å². The zero-order valence-electron chi connectivity index (χ0n) is 18.1. The highest BCUT2D eigenvalue weighted by atomic mass is 16.7. The highest BCUT2D eigenvalue weighted by Crippen LogP contribution is 2.37. The van der Waals surface area contributed by atoms with E-state index < -0.39 is 23.8 Å². The van der Waals surface area contributed by atoms with Gasteiger partial charge < -0.3 is 18.9 Å². The summed E-state index contributed by atoms with van der Waals surface area (Å²) < 4.78 is 23.8. The second kappa shape index (κ2) is 10.7. The van der Waals surface area contributed by atoms with E-state index in [2.05, 4.69) is 0 Å². The molecule has 0 bridgehead atoms. The van der Waals surface area contributed by atoms with Crippen molar-refractivity contribution < 1.29 is 23.7 Å². The van der Waals surface area contributed by atoms with Crippen LogP contribution in [0.1, 0.15) is 63.4 Å². The lowest BCUT2D eigenvalue weighted by Crippen LogP contribution is -2.30. The molecule has 5 nitrogen and oxygen atoms in total. The van der Waals surface area contributed by atoms with Gasteiger partial charge >= 0.3 is 5.97 Å². The number of rotatable bonds is 8. The fourth-order valence-corrected chi connectivity index (χ4v) is 3.48. The third kappa shape index (κ3) is 6.94. The largest absolute Gasteiger partial charge is 0.458 e. The van der Waals surface area contributed by atoms with E-state index in [1.54, 1.807) is 0 Å². The van der Waals surface area contributed by atoms with Gasteiger partial charge in [-0.3, -0.25) is 0 Å². The van der Waals surface area contributed by atoms with E-state index in [1.165, 1.54) is 0 Å². The van der Waals surface area contributed by atoms with E-state index in [9.17, 15) is 4.79 Å². The molecule has 0 amide bonds. The Morgan fingerprint density at radius 1 is 0.967 bits per heavy atom. The first-order valence-corrected chi connectivity index (χ1v) is 10.6. The molecule has 162 valence electrons. The van der Waals surface area contributed by atoms with Crippen molar-refractivity contribution in [3.63, 3.8) is 0 Å². The maximum atomic E-state index is 12.3. The van der Waals surface area contributed by atoms with Crippen molar-refractivity contribution >= 4 is 5.97 Å². The number of esters is 1. The molecule has 0 radical (unpaired) electrons. The van der Waals surface area contributed by atoms with E-state index in [1.807, 2.05) is 81.4 Å². The van der Waals surface area contributed by atoms with Crippen LogP contribution in [0.3, 0.4) is 0 Å². The molecule has 1 aliphatic heterocycles. The molecule has 1 aliphatic rings. The summed E-state index contributed by atoms with van der Waals surface area (Å²) in [6.45, 7) is 6.07. The van der Waals surface area contributed by atoms with Crippen LogP contribution < -0.4 is 0 Å². The fourth-order valence-electron chi connectivity index (χ4n) is 3.48. The molecule has 0 aliphatic carbocycles. The van der Waals surface area contributed by atoms with Gasteiger partial charge in [-0.15, -0.1) is 0 Å². The second-order valence-electron chi connectivity index (χ2n) is 8.49. The first-order chi connectivity index (χ1) is 14.4. The zero-order chi connectivity index (χ0) is 21.4. The Bertz CT molecular complexity index is 763. The van der Waals surface area contributed by atoms with Crippen LogP contribution in [-0.2, 0) is 23.7 Å². The molecule has 0 spiro atoms. The van der Waals surface area contributed by atoms with Crippen LogP contribution in [-0.4, -0.2) is 31.1 Å². The molecule has 3 atom stereocenters. The van der Waals surface area contributed by atoms with Crippen molar-refractivity contribution in [2.75, 3.05) is 13.2 Å². The summed E-state index contributed by atoms with van der Waals surface area (Å²) in [5, 5.41) is 0. The average molecular weight is 413 g/mol. The molecule has 5 heteroatoms. The highest BCUT2D eigenvalue weighted by Gasteiger charge is 2.31. The number of benzene rings is 2. The lowest BCUT2D eigenvalue weighted by molar-refractivity contribution is -0.218. The van der Waals surface area contributed by atoms with E-state index in [0.29, 0.717) is 6.61 Å². The van der Waals surface area contributed by atoms with Crippen molar-refractivity contribution in [2.24, 2.45) is 0 Å². The molecule has 30 heavy (non-hydrogen) atoms. The molecule has 1 heterocycles. The summed E-state index contributed by atoms with van der Waals surface area (Å²) in [7, 11) is 0. The average Bonchev–Trinajstić information content (AvgIpc) is 2.74. The minimum atomic E-state index is -0.562. The highest BCUT2D eigenvalue weighted by molar-refractivity contribution is 5.71. The van der Waals surface area contributed by atoms with Crippen LogP contribution in [0.2, 0.25) is 0 Å². The topological polar surface area (TPSA) is 54.0 Å². The van der Waals surface area contributed by atoms with E-state index >= 15 is 0 Å². The molecule has 2 aromatic carbocycles. The van der Waals surface area contributed by atoms with Gasteiger partial charge in [0.25, 0.3) is 0 Å². The monoisotopic (exact) mass is 412 g/mol. The van der Waals surface area contributed by atoms with Crippen LogP contribution in [0.5, 0.6) is 0 Å². The Kier molecular flexibility index (Phi) is 8.02. The molecule has 0 N–H and O–H groups in total. The Morgan fingerprint density at radius 2 is 1.57 bits per heavy atom. The lowest BCUT2D eigenvalue weighted by Gasteiger charge is -2.33. The van der Waals surface area contributed by atoms with Crippen LogP contribution in [0, 0.1) is 0 Å². The van der Waals surface area contributed by atoms with Crippen LogP contribution in [0.25, 0.3) is 0 Å². The Morgan fingerprint density at radius 3 is 2.10 bits per heavy atom. The maximum Gasteiger partial charge on any atom is 0.332 e. The van der Waals surface area contributed by atoms with Gasteiger partial charge in [0.15, 0.2) is 6.29 Å². The molecule has 3 rings (SSSR count). The number of carbonyl (C=O) groups excluding carboxylic acids is 1. The van der Waals surface area contributed by atoms with Crippen LogP contribution in [0.4, 0.5) is 0 Å². The van der Waals surface area contributed by atoms with Gasteiger partial charge in [0.2, 0.25) is 0 Å². The molecule has 1 fully saturated rings. The minimum Gasteiger partial charge on any atom is -0.458 e. The number of hydrogen-bond donors (Lipinski definition) is 0. The Balaban J connectivity index is 1.85. The molecule has 0 aromatic heterocycles. The van der Waals surface area contributed by atoms with Gasteiger partial charge in [-0.1, -0.05) is 60.7 Å². The van der Waals surface area contributed by atoms with E-state index in [0.717, 1.165) is 30.4 Å². The normalized spacial score (nSPS) is 19.1. The van der Waals surface area contributed by atoms with Gasteiger partial charge in [-0.2, -0.15) is 0 Å². The molecule has 3 unspecified atom stereocenters. The first-order valence-electron chi connectivity index (χ1n) is 10.6. The predicted molar refractivity (Wildman–Crippen MR) is 115 cm³/mol.